The topological polar surface area (TPSA) is 49.8 Å². The molecule has 2 aromatic rings. The number of carbonyl (C=O) groups is 1. The molecular formula is C21H25NO3. The molecule has 1 fully saturated rings. The Morgan fingerprint density at radius 2 is 1.84 bits per heavy atom. The Bertz CT molecular complexity index is 733. The summed E-state index contributed by atoms with van der Waals surface area (Å²) < 4.78 is 5.22. The van der Waals surface area contributed by atoms with Gasteiger partial charge in [-0.2, -0.15) is 0 Å². The van der Waals surface area contributed by atoms with Gasteiger partial charge >= 0.3 is 5.97 Å². The van der Waals surface area contributed by atoms with Crippen LogP contribution in [0.3, 0.4) is 0 Å². The summed E-state index contributed by atoms with van der Waals surface area (Å²) in [6.07, 6.45) is 2.99. The average Bonchev–Trinajstić information content (AvgIpc) is 3.15. The fraction of sp³-hybridized carbons (Fsp3) is 0.381. The van der Waals surface area contributed by atoms with Crippen LogP contribution in [0.2, 0.25) is 0 Å². The number of methoxy groups -OCH3 is 1. The molecule has 1 N–H and O–H groups in total. The third-order valence-corrected chi connectivity index (χ3v) is 5.00. The summed E-state index contributed by atoms with van der Waals surface area (Å²) >= 11 is 0. The van der Waals surface area contributed by atoms with Crippen LogP contribution in [-0.4, -0.2) is 31.3 Å². The van der Waals surface area contributed by atoms with Crippen LogP contribution in [-0.2, 0) is 11.2 Å². The normalized spacial score (nSPS) is 15.2. The minimum absolute atomic E-state index is 0.489. The van der Waals surface area contributed by atoms with E-state index in [0.29, 0.717) is 6.42 Å². The van der Waals surface area contributed by atoms with Crippen LogP contribution in [0.4, 0.5) is 5.69 Å². The van der Waals surface area contributed by atoms with Crippen molar-refractivity contribution < 1.29 is 14.6 Å². The molecule has 0 radical (unpaired) electrons. The summed E-state index contributed by atoms with van der Waals surface area (Å²) in [5, 5.41) is 9.73. The molecule has 3 rings (SSSR count). The SMILES string of the molecule is COc1ccc(C(Cc2ccc(N3CCCC3)cc2)C(=O)O)c(C)c1. The van der Waals surface area contributed by atoms with Crippen molar-refractivity contribution in [3.63, 3.8) is 0 Å². The number of nitrogens with zero attached hydrogens (tertiary/aromatic N) is 1. The Morgan fingerprint density at radius 1 is 1.16 bits per heavy atom. The molecule has 1 aliphatic heterocycles. The van der Waals surface area contributed by atoms with Gasteiger partial charge in [0.05, 0.1) is 13.0 Å². The molecule has 132 valence electrons. The van der Waals surface area contributed by atoms with E-state index in [2.05, 4.69) is 29.2 Å². The molecule has 4 nitrogen and oxygen atoms in total. The maximum atomic E-state index is 11.8. The summed E-state index contributed by atoms with van der Waals surface area (Å²) in [6.45, 7) is 4.16. The van der Waals surface area contributed by atoms with Gasteiger partial charge in [-0.05, 0) is 67.1 Å². The lowest BCUT2D eigenvalue weighted by Gasteiger charge is -2.19. The van der Waals surface area contributed by atoms with Crippen molar-refractivity contribution in [2.24, 2.45) is 0 Å². The maximum Gasteiger partial charge on any atom is 0.311 e. The summed E-state index contributed by atoms with van der Waals surface area (Å²) in [4.78, 5) is 14.2. The fourth-order valence-electron chi connectivity index (χ4n) is 3.55. The van der Waals surface area contributed by atoms with E-state index in [0.717, 1.165) is 35.5 Å². The van der Waals surface area contributed by atoms with Crippen molar-refractivity contribution >= 4 is 11.7 Å². The molecule has 1 aliphatic rings. The predicted octanol–water partition coefficient (Wildman–Crippen LogP) is 4.01. The quantitative estimate of drug-likeness (QED) is 0.864. The average molecular weight is 339 g/mol. The number of aryl methyl sites for hydroxylation is 1. The van der Waals surface area contributed by atoms with Crippen molar-refractivity contribution in [1.82, 2.24) is 0 Å². The summed E-state index contributed by atoms with van der Waals surface area (Å²) in [5.41, 5.74) is 4.07. The zero-order chi connectivity index (χ0) is 17.8. The van der Waals surface area contributed by atoms with Gasteiger partial charge in [0.1, 0.15) is 5.75 Å². The van der Waals surface area contributed by atoms with Crippen LogP contribution < -0.4 is 9.64 Å². The third kappa shape index (κ3) is 3.95. The Balaban J connectivity index is 1.79. The van der Waals surface area contributed by atoms with Gasteiger partial charge in [-0.15, -0.1) is 0 Å². The Hall–Kier alpha value is -2.49. The fourth-order valence-corrected chi connectivity index (χ4v) is 3.55. The van der Waals surface area contributed by atoms with Crippen LogP contribution >= 0.6 is 0 Å². The standard InChI is InChI=1S/C21H25NO3/c1-15-13-18(25-2)9-10-19(15)20(21(23)24)14-16-5-7-17(8-6-16)22-11-3-4-12-22/h5-10,13,20H,3-4,11-12,14H2,1-2H3,(H,23,24). The highest BCUT2D eigenvalue weighted by Crippen LogP contribution is 2.28. The molecule has 0 spiro atoms. The molecule has 1 heterocycles. The summed E-state index contributed by atoms with van der Waals surface area (Å²) in [5.74, 6) is -0.596. The first kappa shape index (κ1) is 17.3. The second kappa shape index (κ2) is 7.60. The second-order valence-corrected chi connectivity index (χ2v) is 6.68. The van der Waals surface area contributed by atoms with Gasteiger partial charge in [0.2, 0.25) is 0 Å². The number of hydrogen-bond acceptors (Lipinski definition) is 3. The molecule has 0 bridgehead atoms. The molecule has 25 heavy (non-hydrogen) atoms. The van der Waals surface area contributed by atoms with Gasteiger partial charge in [-0.3, -0.25) is 4.79 Å². The molecule has 0 aromatic heterocycles. The highest BCUT2D eigenvalue weighted by atomic mass is 16.5. The van der Waals surface area contributed by atoms with E-state index in [4.69, 9.17) is 4.74 Å². The van der Waals surface area contributed by atoms with Gasteiger partial charge < -0.3 is 14.7 Å². The number of rotatable bonds is 6. The molecule has 4 heteroatoms. The third-order valence-electron chi connectivity index (χ3n) is 5.00. The van der Waals surface area contributed by atoms with E-state index in [-0.39, 0.29) is 0 Å². The molecule has 1 saturated heterocycles. The van der Waals surface area contributed by atoms with Crippen molar-refractivity contribution in [2.75, 3.05) is 25.1 Å². The van der Waals surface area contributed by atoms with Gasteiger partial charge in [0.15, 0.2) is 0 Å². The molecule has 1 atom stereocenters. The predicted molar refractivity (Wildman–Crippen MR) is 99.7 cm³/mol. The van der Waals surface area contributed by atoms with Gasteiger partial charge in [0, 0.05) is 18.8 Å². The largest absolute Gasteiger partial charge is 0.497 e. The van der Waals surface area contributed by atoms with Crippen LogP contribution in [0.25, 0.3) is 0 Å². The van der Waals surface area contributed by atoms with Crippen LogP contribution in [0, 0.1) is 6.92 Å². The van der Waals surface area contributed by atoms with E-state index >= 15 is 0 Å². The number of carboxylic acids is 1. The summed E-state index contributed by atoms with van der Waals surface area (Å²) in [7, 11) is 1.62. The maximum absolute atomic E-state index is 11.8. The molecule has 1 unspecified atom stereocenters. The van der Waals surface area contributed by atoms with Crippen molar-refractivity contribution in [1.29, 1.82) is 0 Å². The number of benzene rings is 2. The van der Waals surface area contributed by atoms with Crippen LogP contribution in [0.5, 0.6) is 5.75 Å². The number of aliphatic carboxylic acids is 1. The van der Waals surface area contributed by atoms with E-state index < -0.39 is 11.9 Å². The van der Waals surface area contributed by atoms with E-state index in [1.165, 1.54) is 18.5 Å². The monoisotopic (exact) mass is 339 g/mol. The molecule has 2 aromatic carbocycles. The zero-order valence-electron chi connectivity index (χ0n) is 14.9. The smallest absolute Gasteiger partial charge is 0.311 e. The van der Waals surface area contributed by atoms with Crippen LogP contribution in [0.15, 0.2) is 42.5 Å². The number of carboxylic acid groups (broad SMARTS) is 1. The summed E-state index contributed by atoms with van der Waals surface area (Å²) in [6, 6.07) is 13.9. The van der Waals surface area contributed by atoms with Gasteiger partial charge in [0.25, 0.3) is 0 Å². The highest BCUT2D eigenvalue weighted by Gasteiger charge is 2.22. The Morgan fingerprint density at radius 3 is 2.40 bits per heavy atom. The number of ether oxygens (including phenoxy) is 1. The molecule has 0 aliphatic carbocycles. The van der Waals surface area contributed by atoms with Crippen molar-refractivity contribution in [3.05, 3.63) is 59.2 Å². The minimum Gasteiger partial charge on any atom is -0.497 e. The van der Waals surface area contributed by atoms with Crippen LogP contribution in [0.1, 0.15) is 35.4 Å². The second-order valence-electron chi connectivity index (χ2n) is 6.68. The van der Waals surface area contributed by atoms with Crippen molar-refractivity contribution in [3.8, 4) is 5.75 Å². The molecule has 0 saturated carbocycles. The number of anilines is 1. The first-order chi connectivity index (χ1) is 12.1. The first-order valence-corrected chi connectivity index (χ1v) is 8.79. The first-order valence-electron chi connectivity index (χ1n) is 8.79. The van der Waals surface area contributed by atoms with E-state index in [1.807, 2.05) is 25.1 Å². The lowest BCUT2D eigenvalue weighted by molar-refractivity contribution is -0.138. The van der Waals surface area contributed by atoms with E-state index in [1.54, 1.807) is 7.11 Å². The highest BCUT2D eigenvalue weighted by molar-refractivity contribution is 5.77. The lowest BCUT2D eigenvalue weighted by atomic mass is 9.89. The Labute approximate surface area is 149 Å². The van der Waals surface area contributed by atoms with E-state index in [9.17, 15) is 9.90 Å². The molecular weight excluding hydrogens is 314 g/mol. The zero-order valence-corrected chi connectivity index (χ0v) is 14.9. The lowest BCUT2D eigenvalue weighted by Crippen LogP contribution is -2.18. The van der Waals surface area contributed by atoms with Gasteiger partial charge in [-0.25, -0.2) is 0 Å². The minimum atomic E-state index is -0.795. The van der Waals surface area contributed by atoms with Crippen molar-refractivity contribution in [2.45, 2.75) is 32.1 Å². The Kier molecular flexibility index (Phi) is 5.27. The van der Waals surface area contributed by atoms with Gasteiger partial charge in [-0.1, -0.05) is 18.2 Å². The number of hydrogen-bond donors (Lipinski definition) is 1. The molecule has 0 amide bonds.